The van der Waals surface area contributed by atoms with Crippen molar-refractivity contribution in [2.24, 2.45) is 0 Å². The molecule has 6 heteroatoms. The van der Waals surface area contributed by atoms with Crippen LogP contribution in [-0.2, 0) is 15.9 Å². The molecule has 3 aromatic rings. The highest BCUT2D eigenvalue weighted by atomic mass is 32.1. The van der Waals surface area contributed by atoms with Crippen LogP contribution in [0.2, 0.25) is 0 Å². The number of ether oxygens (including phenoxy) is 2. The van der Waals surface area contributed by atoms with Crippen LogP contribution in [0.4, 0.5) is 5.69 Å². The molecule has 1 atom stereocenters. The summed E-state index contributed by atoms with van der Waals surface area (Å²) in [5.41, 5.74) is 4.56. The minimum absolute atomic E-state index is 0.297. The molecular formula is C18H19N3O2S. The Labute approximate surface area is 144 Å². The van der Waals surface area contributed by atoms with Gasteiger partial charge >= 0.3 is 0 Å². The van der Waals surface area contributed by atoms with Gasteiger partial charge in [0, 0.05) is 32.3 Å². The van der Waals surface area contributed by atoms with Crippen molar-refractivity contribution in [1.29, 1.82) is 0 Å². The van der Waals surface area contributed by atoms with E-state index in [2.05, 4.69) is 21.4 Å². The van der Waals surface area contributed by atoms with Crippen molar-refractivity contribution >= 4 is 27.2 Å². The van der Waals surface area contributed by atoms with Crippen LogP contribution >= 0.6 is 11.3 Å². The van der Waals surface area contributed by atoms with Crippen molar-refractivity contribution in [3.63, 3.8) is 0 Å². The Hall–Kier alpha value is -2.02. The molecule has 3 aromatic heterocycles. The number of hydrogen-bond donors (Lipinski definition) is 1. The molecule has 1 N–H and O–H groups in total. The third-order valence-electron chi connectivity index (χ3n) is 4.39. The van der Waals surface area contributed by atoms with Gasteiger partial charge in [-0.3, -0.25) is 9.97 Å². The SMILES string of the molecule is COC(OC)c1cc2nccc(NC3CCc4ncccc43)c2s1. The first-order valence-corrected chi connectivity index (χ1v) is 8.76. The quantitative estimate of drug-likeness (QED) is 0.709. The average molecular weight is 341 g/mol. The van der Waals surface area contributed by atoms with Crippen LogP contribution in [0.5, 0.6) is 0 Å². The van der Waals surface area contributed by atoms with Gasteiger partial charge in [-0.15, -0.1) is 11.3 Å². The van der Waals surface area contributed by atoms with Gasteiger partial charge in [-0.25, -0.2) is 0 Å². The molecule has 3 heterocycles. The van der Waals surface area contributed by atoms with E-state index in [1.54, 1.807) is 25.6 Å². The number of aromatic nitrogens is 2. The molecule has 0 bridgehead atoms. The highest BCUT2D eigenvalue weighted by Gasteiger charge is 2.24. The second kappa shape index (κ2) is 6.47. The van der Waals surface area contributed by atoms with Gasteiger partial charge in [0.1, 0.15) is 0 Å². The number of methoxy groups -OCH3 is 2. The van der Waals surface area contributed by atoms with Gasteiger partial charge in [0.2, 0.25) is 0 Å². The summed E-state index contributed by atoms with van der Waals surface area (Å²) in [4.78, 5) is 9.98. The first-order chi connectivity index (χ1) is 11.8. The number of fused-ring (bicyclic) bond motifs is 2. The first kappa shape index (κ1) is 15.5. The van der Waals surface area contributed by atoms with Crippen LogP contribution in [-0.4, -0.2) is 24.2 Å². The second-order valence-corrected chi connectivity index (χ2v) is 6.88. The molecule has 0 saturated carbocycles. The van der Waals surface area contributed by atoms with Crippen molar-refractivity contribution in [3.05, 3.63) is 52.8 Å². The van der Waals surface area contributed by atoms with Gasteiger partial charge in [-0.05, 0) is 36.6 Å². The maximum atomic E-state index is 5.37. The summed E-state index contributed by atoms with van der Waals surface area (Å²) in [6.07, 6.45) is 5.44. The van der Waals surface area contributed by atoms with Crippen LogP contribution in [0.3, 0.4) is 0 Å². The van der Waals surface area contributed by atoms with Crippen molar-refractivity contribution in [2.45, 2.75) is 25.2 Å². The van der Waals surface area contributed by atoms with Crippen molar-refractivity contribution in [1.82, 2.24) is 9.97 Å². The molecule has 24 heavy (non-hydrogen) atoms. The van der Waals surface area contributed by atoms with Crippen LogP contribution in [0, 0.1) is 0 Å². The van der Waals surface area contributed by atoms with Crippen LogP contribution in [0.1, 0.15) is 34.9 Å². The third-order valence-corrected chi connectivity index (χ3v) is 5.57. The summed E-state index contributed by atoms with van der Waals surface area (Å²) in [7, 11) is 3.29. The van der Waals surface area contributed by atoms with Gasteiger partial charge < -0.3 is 14.8 Å². The molecule has 0 amide bonds. The van der Waals surface area contributed by atoms with E-state index in [0.29, 0.717) is 6.04 Å². The van der Waals surface area contributed by atoms with E-state index < -0.39 is 0 Å². The normalized spacial score (nSPS) is 16.7. The van der Waals surface area contributed by atoms with E-state index in [9.17, 15) is 0 Å². The van der Waals surface area contributed by atoms with E-state index in [-0.39, 0.29) is 6.29 Å². The Kier molecular flexibility index (Phi) is 4.18. The maximum absolute atomic E-state index is 5.37. The molecule has 0 saturated heterocycles. The van der Waals surface area contributed by atoms with Crippen molar-refractivity contribution in [2.75, 3.05) is 19.5 Å². The van der Waals surface area contributed by atoms with Crippen molar-refractivity contribution in [3.8, 4) is 0 Å². The molecule has 124 valence electrons. The highest BCUT2D eigenvalue weighted by Crippen LogP contribution is 2.38. The summed E-state index contributed by atoms with van der Waals surface area (Å²) < 4.78 is 11.9. The topological polar surface area (TPSA) is 56.3 Å². The van der Waals surface area contributed by atoms with Crippen LogP contribution < -0.4 is 5.32 Å². The Balaban J connectivity index is 1.68. The molecular weight excluding hydrogens is 322 g/mol. The lowest BCUT2D eigenvalue weighted by atomic mass is 10.1. The number of aryl methyl sites for hydroxylation is 1. The monoisotopic (exact) mass is 341 g/mol. The smallest absolute Gasteiger partial charge is 0.192 e. The molecule has 0 radical (unpaired) electrons. The molecule has 1 aliphatic carbocycles. The lowest BCUT2D eigenvalue weighted by molar-refractivity contribution is -0.103. The predicted molar refractivity (Wildman–Crippen MR) is 95.3 cm³/mol. The summed E-state index contributed by atoms with van der Waals surface area (Å²) in [6, 6.07) is 8.53. The second-order valence-electron chi connectivity index (χ2n) is 5.80. The fraction of sp³-hybridized carbons (Fsp3) is 0.333. The summed E-state index contributed by atoms with van der Waals surface area (Å²) in [6.45, 7) is 0. The first-order valence-electron chi connectivity index (χ1n) is 7.94. The zero-order chi connectivity index (χ0) is 16.5. The molecule has 5 nitrogen and oxygen atoms in total. The minimum Gasteiger partial charge on any atom is -0.377 e. The lowest BCUT2D eigenvalue weighted by Gasteiger charge is -2.15. The molecule has 0 aromatic carbocycles. The summed E-state index contributed by atoms with van der Waals surface area (Å²) >= 11 is 1.66. The van der Waals surface area contributed by atoms with Gasteiger partial charge in [-0.2, -0.15) is 0 Å². The average Bonchev–Trinajstić information content (AvgIpc) is 3.21. The van der Waals surface area contributed by atoms with Crippen LogP contribution in [0.15, 0.2) is 36.7 Å². The van der Waals surface area contributed by atoms with E-state index in [1.807, 2.05) is 30.6 Å². The Morgan fingerprint density at radius 3 is 2.92 bits per heavy atom. The number of hydrogen-bond acceptors (Lipinski definition) is 6. The Morgan fingerprint density at radius 1 is 1.21 bits per heavy atom. The number of nitrogens with zero attached hydrogens (tertiary/aromatic N) is 2. The maximum Gasteiger partial charge on any atom is 0.192 e. The zero-order valence-corrected chi connectivity index (χ0v) is 14.5. The number of rotatable bonds is 5. The fourth-order valence-corrected chi connectivity index (χ4v) is 4.41. The number of nitrogens with one attached hydrogen (secondary N) is 1. The minimum atomic E-state index is -0.353. The summed E-state index contributed by atoms with van der Waals surface area (Å²) in [5.74, 6) is 0. The molecule has 4 rings (SSSR count). The van der Waals surface area contributed by atoms with Gasteiger partial charge in [0.15, 0.2) is 6.29 Å². The van der Waals surface area contributed by atoms with Gasteiger partial charge in [0.05, 0.1) is 26.8 Å². The molecule has 0 spiro atoms. The Bertz CT molecular complexity index is 860. The summed E-state index contributed by atoms with van der Waals surface area (Å²) in [5, 5.41) is 3.68. The molecule has 1 aliphatic rings. The van der Waals surface area contributed by atoms with E-state index in [0.717, 1.165) is 33.6 Å². The number of anilines is 1. The lowest BCUT2D eigenvalue weighted by Crippen LogP contribution is -2.07. The Morgan fingerprint density at radius 2 is 2.08 bits per heavy atom. The van der Waals surface area contributed by atoms with Crippen LogP contribution in [0.25, 0.3) is 10.2 Å². The van der Waals surface area contributed by atoms with E-state index in [4.69, 9.17) is 9.47 Å². The number of pyridine rings is 2. The third kappa shape index (κ3) is 2.66. The standard InChI is InChI=1S/C18H19N3O2S/c1-22-18(23-2)16-10-15-17(24-16)14(7-9-20-15)21-13-6-5-12-11(13)4-3-8-19-12/h3-4,7-10,13,18H,5-6H2,1-2H3,(H,20,21). The van der Waals surface area contributed by atoms with E-state index >= 15 is 0 Å². The molecule has 0 fully saturated rings. The fourth-order valence-electron chi connectivity index (χ4n) is 3.27. The van der Waals surface area contributed by atoms with Crippen molar-refractivity contribution < 1.29 is 9.47 Å². The molecule has 1 unspecified atom stereocenters. The highest BCUT2D eigenvalue weighted by molar-refractivity contribution is 7.19. The van der Waals surface area contributed by atoms with Gasteiger partial charge in [0.25, 0.3) is 0 Å². The predicted octanol–water partition coefficient (Wildman–Crippen LogP) is 4.08. The molecule has 0 aliphatic heterocycles. The van der Waals surface area contributed by atoms with E-state index in [1.165, 1.54) is 11.3 Å². The number of thiophene rings is 1. The largest absolute Gasteiger partial charge is 0.377 e. The zero-order valence-electron chi connectivity index (χ0n) is 13.7. The van der Waals surface area contributed by atoms with Gasteiger partial charge in [-0.1, -0.05) is 6.07 Å².